The van der Waals surface area contributed by atoms with Crippen LogP contribution in [0.5, 0.6) is 23.0 Å². The molecule has 8 nitrogen and oxygen atoms in total. The lowest BCUT2D eigenvalue weighted by molar-refractivity contribution is -0.147. The van der Waals surface area contributed by atoms with Crippen LogP contribution in [0.3, 0.4) is 0 Å². The second kappa shape index (κ2) is 10.8. The molecule has 1 N–H and O–H groups in total. The van der Waals surface area contributed by atoms with Gasteiger partial charge in [0, 0.05) is 24.2 Å². The van der Waals surface area contributed by atoms with Crippen LogP contribution >= 0.6 is 0 Å². The molecule has 1 amide bonds. The van der Waals surface area contributed by atoms with Crippen LogP contribution in [0.2, 0.25) is 0 Å². The van der Waals surface area contributed by atoms with E-state index < -0.39 is 18.5 Å². The summed E-state index contributed by atoms with van der Waals surface area (Å²) >= 11 is 0. The fourth-order valence-electron chi connectivity index (χ4n) is 2.71. The maximum Gasteiger partial charge on any atom is 0.306 e. The molecule has 0 unspecified atom stereocenters. The van der Waals surface area contributed by atoms with E-state index in [1.165, 1.54) is 21.3 Å². The number of hydrogen-bond acceptors (Lipinski definition) is 7. The number of esters is 1. The lowest BCUT2D eigenvalue weighted by atomic mass is 10.1. The third-order valence-corrected chi connectivity index (χ3v) is 4.10. The highest BCUT2D eigenvalue weighted by molar-refractivity contribution is 5.93. The van der Waals surface area contributed by atoms with Gasteiger partial charge in [0.1, 0.15) is 5.75 Å². The SMILES string of the molecule is COc1ccccc1CCC(=O)OCC(=O)Nc1cc(OC)c(OC)c(OC)c1. The van der Waals surface area contributed by atoms with Crippen LogP contribution in [0.1, 0.15) is 12.0 Å². The van der Waals surface area contributed by atoms with Gasteiger partial charge in [-0.25, -0.2) is 0 Å². The van der Waals surface area contributed by atoms with E-state index in [1.807, 2.05) is 24.3 Å². The summed E-state index contributed by atoms with van der Waals surface area (Å²) in [6.45, 7) is -0.401. The lowest BCUT2D eigenvalue weighted by Gasteiger charge is -2.14. The van der Waals surface area contributed by atoms with E-state index in [2.05, 4.69) is 5.32 Å². The Labute approximate surface area is 169 Å². The second-order valence-electron chi connectivity index (χ2n) is 5.93. The summed E-state index contributed by atoms with van der Waals surface area (Å²) in [5, 5.41) is 2.64. The molecule has 0 spiro atoms. The van der Waals surface area contributed by atoms with Gasteiger partial charge in [-0.2, -0.15) is 0 Å². The van der Waals surface area contributed by atoms with Crippen molar-refractivity contribution in [2.24, 2.45) is 0 Å². The second-order valence-corrected chi connectivity index (χ2v) is 5.93. The van der Waals surface area contributed by atoms with Crippen molar-refractivity contribution in [3.63, 3.8) is 0 Å². The highest BCUT2D eigenvalue weighted by Crippen LogP contribution is 2.39. The molecule has 0 saturated carbocycles. The summed E-state index contributed by atoms with van der Waals surface area (Å²) in [7, 11) is 6.02. The molecule has 0 aliphatic carbocycles. The van der Waals surface area contributed by atoms with E-state index in [-0.39, 0.29) is 6.42 Å². The maximum atomic E-state index is 12.1. The molecule has 8 heteroatoms. The summed E-state index contributed by atoms with van der Waals surface area (Å²) in [6.07, 6.45) is 0.592. The van der Waals surface area contributed by atoms with E-state index in [0.29, 0.717) is 35.1 Å². The van der Waals surface area contributed by atoms with Gasteiger partial charge in [0.05, 0.1) is 28.4 Å². The van der Waals surface area contributed by atoms with Crippen LogP contribution in [0.15, 0.2) is 36.4 Å². The van der Waals surface area contributed by atoms with Crippen molar-refractivity contribution in [3.8, 4) is 23.0 Å². The maximum absolute atomic E-state index is 12.1. The molecule has 2 aromatic rings. The standard InChI is InChI=1S/C21H25NO7/c1-25-16-8-6-5-7-14(16)9-10-20(24)29-13-19(23)22-15-11-17(26-2)21(28-4)18(12-15)27-3/h5-8,11-12H,9-10,13H2,1-4H3,(H,22,23). The van der Waals surface area contributed by atoms with Crippen LogP contribution in [0.25, 0.3) is 0 Å². The Bertz CT molecular complexity index is 826. The molecule has 29 heavy (non-hydrogen) atoms. The third-order valence-electron chi connectivity index (χ3n) is 4.10. The number of carbonyl (C=O) groups excluding carboxylic acids is 2. The number of amides is 1. The molecule has 0 atom stereocenters. The minimum absolute atomic E-state index is 0.137. The number of aryl methyl sites for hydroxylation is 1. The van der Waals surface area contributed by atoms with Crippen LogP contribution < -0.4 is 24.3 Å². The first-order chi connectivity index (χ1) is 14.0. The van der Waals surface area contributed by atoms with Gasteiger partial charge >= 0.3 is 5.97 Å². The number of carbonyl (C=O) groups is 2. The Morgan fingerprint density at radius 2 is 1.48 bits per heavy atom. The average molecular weight is 403 g/mol. The zero-order chi connectivity index (χ0) is 21.2. The van der Waals surface area contributed by atoms with Crippen molar-refractivity contribution in [1.29, 1.82) is 0 Å². The molecule has 2 rings (SSSR count). The number of nitrogens with one attached hydrogen (secondary N) is 1. The average Bonchev–Trinajstić information content (AvgIpc) is 2.75. The minimum atomic E-state index is -0.482. The molecule has 2 aromatic carbocycles. The largest absolute Gasteiger partial charge is 0.496 e. The Hall–Kier alpha value is -3.42. The highest BCUT2D eigenvalue weighted by atomic mass is 16.5. The van der Waals surface area contributed by atoms with Crippen LogP contribution in [0.4, 0.5) is 5.69 Å². The van der Waals surface area contributed by atoms with Crippen molar-refractivity contribution in [3.05, 3.63) is 42.0 Å². The smallest absolute Gasteiger partial charge is 0.306 e. The van der Waals surface area contributed by atoms with Gasteiger partial charge in [-0.3, -0.25) is 9.59 Å². The van der Waals surface area contributed by atoms with Gasteiger partial charge in [0.15, 0.2) is 18.1 Å². The number of para-hydroxylation sites is 1. The molecule has 0 aliphatic rings. The Morgan fingerprint density at radius 3 is 2.07 bits per heavy atom. The summed E-state index contributed by atoms with van der Waals surface area (Å²) in [6, 6.07) is 10.6. The van der Waals surface area contributed by atoms with Crippen LogP contribution in [-0.4, -0.2) is 46.9 Å². The first kappa shape index (κ1) is 21.9. The molecule has 0 bridgehead atoms. The molecule has 0 radical (unpaired) electrons. The summed E-state index contributed by atoms with van der Waals surface area (Å²) in [5.41, 5.74) is 1.32. The monoisotopic (exact) mass is 403 g/mol. The molecule has 156 valence electrons. The fraction of sp³-hybridized carbons (Fsp3) is 0.333. The Kier molecular flexibility index (Phi) is 8.14. The molecular weight excluding hydrogens is 378 g/mol. The number of rotatable bonds is 10. The number of anilines is 1. The Morgan fingerprint density at radius 1 is 0.862 bits per heavy atom. The van der Waals surface area contributed by atoms with E-state index in [9.17, 15) is 9.59 Å². The fourth-order valence-corrected chi connectivity index (χ4v) is 2.71. The first-order valence-corrected chi connectivity index (χ1v) is 8.89. The zero-order valence-electron chi connectivity index (χ0n) is 16.9. The molecule has 0 aromatic heterocycles. The van der Waals surface area contributed by atoms with E-state index in [4.69, 9.17) is 23.7 Å². The third kappa shape index (κ3) is 6.03. The van der Waals surface area contributed by atoms with E-state index >= 15 is 0 Å². The van der Waals surface area contributed by atoms with Gasteiger partial charge in [0.25, 0.3) is 5.91 Å². The highest BCUT2D eigenvalue weighted by Gasteiger charge is 2.15. The lowest BCUT2D eigenvalue weighted by Crippen LogP contribution is -2.21. The first-order valence-electron chi connectivity index (χ1n) is 8.89. The molecule has 0 heterocycles. The molecular formula is C21H25NO7. The minimum Gasteiger partial charge on any atom is -0.496 e. The van der Waals surface area contributed by atoms with Crippen molar-refractivity contribution in [2.75, 3.05) is 40.4 Å². The predicted molar refractivity (Wildman–Crippen MR) is 107 cm³/mol. The zero-order valence-corrected chi connectivity index (χ0v) is 16.9. The Balaban J connectivity index is 1.88. The van der Waals surface area contributed by atoms with Crippen molar-refractivity contribution in [2.45, 2.75) is 12.8 Å². The van der Waals surface area contributed by atoms with Crippen LogP contribution in [0, 0.1) is 0 Å². The summed E-state index contributed by atoms with van der Waals surface area (Å²) < 4.78 is 26.0. The van der Waals surface area contributed by atoms with Gasteiger partial charge in [-0.15, -0.1) is 0 Å². The molecule has 0 fully saturated rings. The quantitative estimate of drug-likeness (QED) is 0.610. The van der Waals surface area contributed by atoms with Gasteiger partial charge in [-0.1, -0.05) is 18.2 Å². The van der Waals surface area contributed by atoms with Crippen LogP contribution in [-0.2, 0) is 20.7 Å². The number of benzene rings is 2. The predicted octanol–water partition coefficient (Wildman–Crippen LogP) is 2.84. The number of ether oxygens (including phenoxy) is 5. The van der Waals surface area contributed by atoms with Gasteiger partial charge < -0.3 is 29.0 Å². The van der Waals surface area contributed by atoms with E-state index in [1.54, 1.807) is 19.2 Å². The topological polar surface area (TPSA) is 92.3 Å². The summed E-state index contributed by atoms with van der Waals surface area (Å²) in [4.78, 5) is 24.1. The van der Waals surface area contributed by atoms with Gasteiger partial charge in [0.2, 0.25) is 5.75 Å². The van der Waals surface area contributed by atoms with E-state index in [0.717, 1.165) is 5.56 Å². The van der Waals surface area contributed by atoms with Crippen molar-refractivity contribution >= 4 is 17.6 Å². The number of hydrogen-bond donors (Lipinski definition) is 1. The molecule has 0 aliphatic heterocycles. The van der Waals surface area contributed by atoms with Crippen molar-refractivity contribution in [1.82, 2.24) is 0 Å². The normalized spacial score (nSPS) is 10.1. The summed E-state index contributed by atoms with van der Waals surface area (Å²) in [5.74, 6) is 0.962. The molecule has 0 saturated heterocycles. The van der Waals surface area contributed by atoms with Crippen molar-refractivity contribution < 1.29 is 33.3 Å². The number of methoxy groups -OCH3 is 4. The van der Waals surface area contributed by atoms with Gasteiger partial charge in [-0.05, 0) is 18.1 Å².